The van der Waals surface area contributed by atoms with Gasteiger partial charge in [-0.2, -0.15) is 4.31 Å². The number of rotatable bonds is 8. The molecular formula is C31H34N6O5S2. The summed E-state index contributed by atoms with van der Waals surface area (Å²) < 4.78 is 35.1. The lowest BCUT2D eigenvalue weighted by Crippen LogP contribution is -2.67. The average molecular weight is 635 g/mol. The number of aryl methyl sites for hydroxylation is 1. The van der Waals surface area contributed by atoms with Crippen LogP contribution in [0.2, 0.25) is 0 Å². The summed E-state index contributed by atoms with van der Waals surface area (Å²) in [5.41, 5.74) is 2.43. The van der Waals surface area contributed by atoms with E-state index in [1.54, 1.807) is 11.0 Å². The first kappa shape index (κ1) is 28.1. The monoisotopic (exact) mass is 634 g/mol. The minimum atomic E-state index is -3.91. The van der Waals surface area contributed by atoms with Crippen LogP contribution in [0.25, 0.3) is 10.4 Å². The molecule has 6 heterocycles. The SMILES string of the molecule is Cc1nc(Nc2cccc(N3CCCC3=O)n2)sc1-c1cc2c(c(S(=O)(=O)N3CC4(COC4)C3)c1)C(=O)N([C@@H](C)C1CC1)C2. The highest BCUT2D eigenvalue weighted by Crippen LogP contribution is 2.45. The molecule has 11 nitrogen and oxygen atoms in total. The largest absolute Gasteiger partial charge is 0.380 e. The number of aromatic nitrogens is 2. The van der Waals surface area contributed by atoms with Crippen LogP contribution in [0, 0.1) is 18.3 Å². The van der Waals surface area contributed by atoms with Gasteiger partial charge in [0.1, 0.15) is 11.6 Å². The number of carbonyl (C=O) groups excluding carboxylic acids is 2. The summed E-state index contributed by atoms with van der Waals surface area (Å²) in [6.45, 7) is 6.99. The number of anilines is 3. The number of sulfonamides is 1. The van der Waals surface area contributed by atoms with Crippen LogP contribution in [0.15, 0.2) is 35.2 Å². The Labute approximate surface area is 260 Å². The molecule has 1 N–H and O–H groups in total. The van der Waals surface area contributed by atoms with E-state index in [0.717, 1.165) is 41.0 Å². The number of pyridine rings is 1. The maximum atomic E-state index is 14.1. The second-order valence-electron chi connectivity index (χ2n) is 12.9. The lowest BCUT2D eigenvalue weighted by molar-refractivity contribution is -0.166. The quantitative estimate of drug-likeness (QED) is 0.392. The van der Waals surface area contributed by atoms with Crippen LogP contribution in [0.5, 0.6) is 0 Å². The zero-order valence-electron chi connectivity index (χ0n) is 24.7. The van der Waals surface area contributed by atoms with Crippen molar-refractivity contribution in [3.8, 4) is 10.4 Å². The van der Waals surface area contributed by atoms with Crippen LogP contribution in [0.3, 0.4) is 0 Å². The number of benzene rings is 1. The Morgan fingerprint density at radius 2 is 1.93 bits per heavy atom. The fourth-order valence-corrected chi connectivity index (χ4v) is 9.76. The van der Waals surface area contributed by atoms with E-state index in [9.17, 15) is 18.0 Å². The van der Waals surface area contributed by atoms with E-state index in [0.29, 0.717) is 74.1 Å². The van der Waals surface area contributed by atoms with Gasteiger partial charge in [-0.05, 0) is 74.4 Å². The molecule has 4 fully saturated rings. The predicted octanol–water partition coefficient (Wildman–Crippen LogP) is 4.16. The fourth-order valence-electron chi connectivity index (χ4n) is 6.88. The molecule has 2 aromatic heterocycles. The summed E-state index contributed by atoms with van der Waals surface area (Å²) >= 11 is 1.41. The third-order valence-electron chi connectivity index (χ3n) is 9.63. The van der Waals surface area contributed by atoms with Crippen LogP contribution in [0.1, 0.15) is 54.2 Å². The number of hydrogen-bond acceptors (Lipinski definition) is 9. The van der Waals surface area contributed by atoms with Crippen LogP contribution >= 0.6 is 11.3 Å². The Morgan fingerprint density at radius 3 is 2.61 bits per heavy atom. The summed E-state index contributed by atoms with van der Waals surface area (Å²) in [5.74, 6) is 1.52. The molecule has 1 aliphatic carbocycles. The highest BCUT2D eigenvalue weighted by atomic mass is 32.2. The molecule has 2 amide bonds. The van der Waals surface area contributed by atoms with Gasteiger partial charge in [0.15, 0.2) is 5.13 Å². The number of fused-ring (bicyclic) bond motifs is 1. The molecule has 0 radical (unpaired) electrons. The number of amides is 2. The summed E-state index contributed by atoms with van der Waals surface area (Å²) in [4.78, 5) is 39.9. The molecule has 0 unspecified atom stereocenters. The van der Waals surface area contributed by atoms with Crippen molar-refractivity contribution in [3.05, 3.63) is 47.2 Å². The second kappa shape index (κ2) is 10.1. The van der Waals surface area contributed by atoms with Gasteiger partial charge in [-0.3, -0.25) is 14.5 Å². The number of hydrogen-bond donors (Lipinski definition) is 1. The maximum absolute atomic E-state index is 14.1. The van der Waals surface area contributed by atoms with Crippen molar-refractivity contribution in [1.82, 2.24) is 19.2 Å². The van der Waals surface area contributed by atoms with E-state index in [4.69, 9.17) is 9.72 Å². The van der Waals surface area contributed by atoms with Gasteiger partial charge in [-0.15, -0.1) is 0 Å². The van der Waals surface area contributed by atoms with Crippen LogP contribution in [0.4, 0.5) is 16.8 Å². The molecule has 5 aliphatic rings. The zero-order valence-corrected chi connectivity index (χ0v) is 26.3. The molecule has 13 heteroatoms. The summed E-state index contributed by atoms with van der Waals surface area (Å²) in [7, 11) is -3.91. The van der Waals surface area contributed by atoms with Gasteiger partial charge in [-0.25, -0.2) is 18.4 Å². The van der Waals surface area contributed by atoms with Crippen molar-refractivity contribution in [2.45, 2.75) is 57.0 Å². The lowest BCUT2D eigenvalue weighted by atomic mass is 9.80. The molecule has 44 heavy (non-hydrogen) atoms. The highest BCUT2D eigenvalue weighted by molar-refractivity contribution is 7.89. The van der Waals surface area contributed by atoms with Crippen molar-refractivity contribution in [2.24, 2.45) is 11.3 Å². The van der Waals surface area contributed by atoms with Crippen molar-refractivity contribution in [2.75, 3.05) is 43.1 Å². The number of nitrogens with one attached hydrogen (secondary N) is 1. The van der Waals surface area contributed by atoms with E-state index >= 15 is 0 Å². The van der Waals surface area contributed by atoms with Crippen molar-refractivity contribution in [1.29, 1.82) is 0 Å². The minimum Gasteiger partial charge on any atom is -0.380 e. The number of ether oxygens (including phenoxy) is 1. The smallest absolute Gasteiger partial charge is 0.256 e. The average Bonchev–Trinajstić information content (AvgIpc) is 3.49. The first-order valence-corrected chi connectivity index (χ1v) is 17.5. The molecule has 1 saturated carbocycles. The molecule has 230 valence electrons. The standard InChI is InChI=1S/C31H34N6O5S2/c1-18-28(43-30(32-18)34-24-5-3-6-25(33-24)36-10-4-7-26(36)38)21-11-22-13-37(19(2)20-8-9-20)29(39)27(22)23(12-21)44(40,41)35-14-31(15-35)16-42-17-31/h3,5-6,11-12,19-20H,4,7-10,13-17H2,1-2H3,(H,32,33,34)/t19-/m0/s1. The summed E-state index contributed by atoms with van der Waals surface area (Å²) in [6, 6.07) is 9.21. The molecule has 3 aromatic rings. The molecule has 4 aliphatic heterocycles. The molecule has 3 saturated heterocycles. The van der Waals surface area contributed by atoms with Gasteiger partial charge in [0, 0.05) is 44.1 Å². The Bertz CT molecular complexity index is 1810. The Kier molecular flexibility index (Phi) is 6.43. The number of carbonyl (C=O) groups is 2. The van der Waals surface area contributed by atoms with E-state index < -0.39 is 10.0 Å². The van der Waals surface area contributed by atoms with Gasteiger partial charge in [0.25, 0.3) is 5.91 Å². The van der Waals surface area contributed by atoms with Gasteiger partial charge in [-0.1, -0.05) is 17.4 Å². The molecule has 8 rings (SSSR count). The third-order valence-corrected chi connectivity index (χ3v) is 12.6. The molecule has 1 spiro atoms. The first-order chi connectivity index (χ1) is 21.1. The maximum Gasteiger partial charge on any atom is 0.256 e. The fraction of sp³-hybridized carbons (Fsp3) is 0.484. The van der Waals surface area contributed by atoms with Gasteiger partial charge in [0.2, 0.25) is 15.9 Å². The predicted molar refractivity (Wildman–Crippen MR) is 165 cm³/mol. The van der Waals surface area contributed by atoms with Gasteiger partial charge in [0.05, 0.1) is 34.2 Å². The number of nitrogens with zero attached hydrogens (tertiary/aromatic N) is 5. The van der Waals surface area contributed by atoms with Crippen molar-refractivity contribution in [3.63, 3.8) is 0 Å². The lowest BCUT2D eigenvalue weighted by Gasteiger charge is -2.54. The van der Waals surface area contributed by atoms with Crippen molar-refractivity contribution < 1.29 is 22.7 Å². The molecular weight excluding hydrogens is 601 g/mol. The highest BCUT2D eigenvalue weighted by Gasteiger charge is 2.54. The van der Waals surface area contributed by atoms with E-state index in [1.807, 2.05) is 36.1 Å². The van der Waals surface area contributed by atoms with E-state index in [-0.39, 0.29) is 28.2 Å². The van der Waals surface area contributed by atoms with E-state index in [1.165, 1.54) is 15.6 Å². The zero-order chi connectivity index (χ0) is 30.4. The normalized spacial score (nSPS) is 21.9. The third kappa shape index (κ3) is 4.55. The van der Waals surface area contributed by atoms with Crippen molar-refractivity contribution >= 4 is 49.9 Å². The van der Waals surface area contributed by atoms with Crippen LogP contribution in [-0.4, -0.2) is 78.3 Å². The Balaban J connectivity index is 1.14. The molecule has 1 atom stereocenters. The molecule has 0 bridgehead atoms. The topological polar surface area (TPSA) is 125 Å². The summed E-state index contributed by atoms with van der Waals surface area (Å²) in [5, 5.41) is 3.88. The van der Waals surface area contributed by atoms with Gasteiger partial charge < -0.3 is 15.0 Å². The van der Waals surface area contributed by atoms with E-state index in [2.05, 4.69) is 17.2 Å². The Hall–Kier alpha value is -3.39. The Morgan fingerprint density at radius 1 is 1.14 bits per heavy atom. The van der Waals surface area contributed by atoms with Gasteiger partial charge >= 0.3 is 0 Å². The number of thiazole rings is 1. The minimum absolute atomic E-state index is 0.0633. The van der Waals surface area contributed by atoms with Crippen LogP contribution < -0.4 is 10.2 Å². The molecule has 1 aromatic carbocycles. The first-order valence-electron chi connectivity index (χ1n) is 15.2. The van der Waals surface area contributed by atoms with Crippen LogP contribution in [-0.2, 0) is 26.1 Å². The second-order valence-corrected chi connectivity index (χ2v) is 15.8. The summed E-state index contributed by atoms with van der Waals surface area (Å²) in [6.07, 6.45) is 3.54.